The van der Waals surface area contributed by atoms with Crippen LogP contribution in [0.15, 0.2) is 0 Å². The van der Waals surface area contributed by atoms with Crippen molar-refractivity contribution in [1.82, 2.24) is 5.32 Å². The van der Waals surface area contributed by atoms with Gasteiger partial charge in [-0.15, -0.1) is 0 Å². The maximum absolute atomic E-state index is 12.1. The quantitative estimate of drug-likeness (QED) is 0.0937. The number of nitrogens with zero attached hydrogens (tertiary/aromatic N) is 1. The Morgan fingerprint density at radius 3 is 1.76 bits per heavy atom. The molecule has 9 heteroatoms. The van der Waals surface area contributed by atoms with Crippen molar-refractivity contribution in [2.24, 2.45) is 0 Å². The van der Waals surface area contributed by atoms with Gasteiger partial charge in [-0.05, 0) is 12.8 Å². The van der Waals surface area contributed by atoms with E-state index in [9.17, 15) is 14.3 Å². The zero-order valence-electron chi connectivity index (χ0n) is 22.7. The number of hydrogen-bond acceptors (Lipinski definition) is 5. The number of carbonyl (C=O) groups excluding carboxylic acids is 1. The molecule has 0 aromatic rings. The second-order valence-electron chi connectivity index (χ2n) is 10.3. The van der Waals surface area contributed by atoms with Gasteiger partial charge in [-0.2, -0.15) is 0 Å². The summed E-state index contributed by atoms with van der Waals surface area (Å²) in [5, 5.41) is 2.41. The summed E-state index contributed by atoms with van der Waals surface area (Å²) >= 11 is 0. The Bertz CT molecular complexity index is 542. The number of unbranched alkanes of at least 4 members (excludes halogenated alkanes) is 13. The number of nitrogens with one attached hydrogen (secondary N) is 1. The maximum Gasteiger partial charge on any atom is 0.472 e. The van der Waals surface area contributed by atoms with E-state index in [2.05, 4.69) is 12.2 Å². The van der Waals surface area contributed by atoms with Gasteiger partial charge >= 0.3 is 13.9 Å². The number of amides is 1. The fourth-order valence-corrected chi connectivity index (χ4v) is 4.34. The average Bonchev–Trinajstić information content (AvgIpc) is 2.76. The van der Waals surface area contributed by atoms with Crippen LogP contribution in [0.3, 0.4) is 0 Å². The van der Waals surface area contributed by atoms with Gasteiger partial charge in [-0.3, -0.25) is 9.05 Å². The highest BCUT2D eigenvalue weighted by atomic mass is 31.2. The zero-order chi connectivity index (χ0) is 25.7. The van der Waals surface area contributed by atoms with Gasteiger partial charge in [0.2, 0.25) is 0 Å². The van der Waals surface area contributed by atoms with Crippen molar-refractivity contribution in [3.8, 4) is 0 Å². The Kier molecular flexibility index (Phi) is 20.1. The fourth-order valence-electron chi connectivity index (χ4n) is 3.60. The highest BCUT2D eigenvalue weighted by Crippen LogP contribution is 2.43. The molecule has 0 aliphatic heterocycles. The Morgan fingerprint density at radius 1 is 0.853 bits per heavy atom. The summed E-state index contributed by atoms with van der Waals surface area (Å²) in [5.74, 6) is 0. The number of carbonyl (C=O) groups is 1. The van der Waals surface area contributed by atoms with Gasteiger partial charge in [-0.1, -0.05) is 90.4 Å². The van der Waals surface area contributed by atoms with Crippen molar-refractivity contribution in [2.75, 3.05) is 47.9 Å². The van der Waals surface area contributed by atoms with Crippen molar-refractivity contribution in [3.63, 3.8) is 0 Å². The summed E-state index contributed by atoms with van der Waals surface area (Å²) in [7, 11) is 3.21. The van der Waals surface area contributed by atoms with Crippen LogP contribution in [0.25, 0.3) is 0 Å². The molecule has 0 aromatic carbocycles. The molecule has 1 amide bonds. The normalized spacial score (nSPS) is 14.5. The lowest BCUT2D eigenvalue weighted by Crippen LogP contribution is -2.37. The lowest BCUT2D eigenvalue weighted by Gasteiger charge is -2.24. The minimum atomic E-state index is -4.18. The van der Waals surface area contributed by atoms with Gasteiger partial charge in [0.15, 0.2) is 0 Å². The molecule has 34 heavy (non-hydrogen) atoms. The molecule has 8 nitrogen and oxygen atoms in total. The van der Waals surface area contributed by atoms with Crippen LogP contribution in [-0.2, 0) is 18.3 Å². The first-order valence-corrected chi connectivity index (χ1v) is 14.9. The van der Waals surface area contributed by atoms with Crippen LogP contribution in [-0.4, -0.2) is 69.5 Å². The van der Waals surface area contributed by atoms with E-state index in [0.717, 1.165) is 19.3 Å². The Labute approximate surface area is 209 Å². The lowest BCUT2D eigenvalue weighted by atomic mass is 10.0. The molecule has 0 heterocycles. The third-order valence-electron chi connectivity index (χ3n) is 5.80. The van der Waals surface area contributed by atoms with Gasteiger partial charge in [0, 0.05) is 7.05 Å². The van der Waals surface area contributed by atoms with Crippen LogP contribution < -0.4 is 5.32 Å². The molecule has 0 aliphatic carbocycles. The van der Waals surface area contributed by atoms with Crippen molar-refractivity contribution in [2.45, 2.75) is 109 Å². The summed E-state index contributed by atoms with van der Waals surface area (Å²) in [4.78, 5) is 21.5. The molecule has 0 aliphatic rings. The van der Waals surface area contributed by atoms with E-state index < -0.39 is 20.0 Å². The summed E-state index contributed by atoms with van der Waals surface area (Å²) < 4.78 is 28.2. The van der Waals surface area contributed by atoms with Crippen molar-refractivity contribution in [1.29, 1.82) is 0 Å². The first-order chi connectivity index (χ1) is 16.1. The number of ether oxygens (including phenoxy) is 1. The minimum Gasteiger partial charge on any atom is -0.444 e. The van der Waals surface area contributed by atoms with Crippen LogP contribution in [0.2, 0.25) is 0 Å². The molecular weight excluding hydrogens is 455 g/mol. The Balaban J connectivity index is 3.96. The molecule has 204 valence electrons. The van der Waals surface area contributed by atoms with Gasteiger partial charge in [0.05, 0.1) is 27.7 Å². The molecule has 0 saturated carbocycles. The lowest BCUT2D eigenvalue weighted by molar-refractivity contribution is -0.870. The molecule has 0 rings (SSSR count). The van der Waals surface area contributed by atoms with E-state index in [4.69, 9.17) is 13.8 Å². The van der Waals surface area contributed by atoms with Crippen LogP contribution >= 0.6 is 7.82 Å². The second-order valence-corrected chi connectivity index (χ2v) is 11.7. The van der Waals surface area contributed by atoms with E-state index in [0.29, 0.717) is 17.4 Å². The van der Waals surface area contributed by atoms with E-state index in [1.54, 1.807) is 0 Å². The predicted octanol–water partition coefficient (Wildman–Crippen LogP) is 6.42. The van der Waals surface area contributed by atoms with Crippen molar-refractivity contribution in [3.05, 3.63) is 0 Å². The highest BCUT2D eigenvalue weighted by molar-refractivity contribution is 7.47. The minimum absolute atomic E-state index is 0.108. The third-order valence-corrected chi connectivity index (χ3v) is 6.78. The third kappa shape index (κ3) is 23.1. The van der Waals surface area contributed by atoms with Gasteiger partial charge < -0.3 is 19.4 Å². The molecule has 0 spiro atoms. The first-order valence-electron chi connectivity index (χ1n) is 13.4. The average molecular weight is 510 g/mol. The number of likely N-dealkylation sites (N-methyl/N-ethyl adjacent to an activating group) is 1. The molecular formula is C25H54N2O6P+. The zero-order valence-corrected chi connectivity index (χ0v) is 23.6. The summed E-state index contributed by atoms with van der Waals surface area (Å²) in [6.07, 6.45) is 17.2. The monoisotopic (exact) mass is 509 g/mol. The molecule has 2 N–H and O–H groups in total. The number of hydrogen-bond donors (Lipinski definition) is 2. The molecule has 2 atom stereocenters. The SMILES string of the molecule is CCCCCCCCCCCCCCCCC(COP(=O)(O)OCC[N+](C)(C)C)OC(=O)NC. The number of rotatable bonds is 23. The van der Waals surface area contributed by atoms with E-state index >= 15 is 0 Å². The standard InChI is InChI=1S/C25H53N2O6P/c1-6-7-8-9-10-11-12-13-14-15-16-17-18-19-20-24(33-25(28)26-2)23-32-34(29,30)31-22-21-27(3,4)5/h24H,6-23H2,1-5H3,(H-,26,28,29,30)/p+1. The van der Waals surface area contributed by atoms with Crippen LogP contribution in [0, 0.1) is 0 Å². The van der Waals surface area contributed by atoms with Gasteiger partial charge in [-0.25, -0.2) is 9.36 Å². The number of quaternary nitrogens is 1. The molecule has 0 radical (unpaired) electrons. The van der Waals surface area contributed by atoms with Gasteiger partial charge in [0.25, 0.3) is 0 Å². The van der Waals surface area contributed by atoms with Crippen molar-refractivity contribution >= 4 is 13.9 Å². The number of alkyl carbamates (subject to hydrolysis) is 1. The highest BCUT2D eigenvalue weighted by Gasteiger charge is 2.25. The smallest absolute Gasteiger partial charge is 0.444 e. The van der Waals surface area contributed by atoms with E-state index in [1.165, 1.54) is 77.7 Å². The number of phosphoric ester groups is 1. The molecule has 2 unspecified atom stereocenters. The summed E-state index contributed by atoms with van der Waals surface area (Å²) in [6, 6.07) is 0. The Morgan fingerprint density at radius 2 is 1.32 bits per heavy atom. The molecule has 0 bridgehead atoms. The second kappa shape index (κ2) is 20.5. The Hall–Kier alpha value is -0.660. The predicted molar refractivity (Wildman–Crippen MR) is 139 cm³/mol. The first kappa shape index (κ1) is 33.3. The molecule has 0 fully saturated rings. The largest absolute Gasteiger partial charge is 0.472 e. The topological polar surface area (TPSA) is 94.1 Å². The van der Waals surface area contributed by atoms with Gasteiger partial charge in [0.1, 0.15) is 19.3 Å². The molecule has 0 saturated heterocycles. The molecule has 0 aromatic heterocycles. The summed E-state index contributed by atoms with van der Waals surface area (Å²) in [6.45, 7) is 2.78. The van der Waals surface area contributed by atoms with E-state index in [-0.39, 0.29) is 13.2 Å². The fraction of sp³-hybridized carbons (Fsp3) is 0.960. The summed E-state index contributed by atoms with van der Waals surface area (Å²) in [5.41, 5.74) is 0. The maximum atomic E-state index is 12.1. The number of phosphoric acid groups is 1. The van der Waals surface area contributed by atoms with E-state index in [1.807, 2.05) is 21.1 Å². The van der Waals surface area contributed by atoms with Crippen molar-refractivity contribution < 1.29 is 32.5 Å². The van der Waals surface area contributed by atoms with Crippen LogP contribution in [0.5, 0.6) is 0 Å². The van der Waals surface area contributed by atoms with Crippen LogP contribution in [0.1, 0.15) is 103 Å². The van der Waals surface area contributed by atoms with Crippen LogP contribution in [0.4, 0.5) is 4.79 Å².